The summed E-state index contributed by atoms with van der Waals surface area (Å²) >= 11 is 0.848. The van der Waals surface area contributed by atoms with E-state index in [1.807, 2.05) is 12.2 Å². The van der Waals surface area contributed by atoms with E-state index < -0.39 is 40.2 Å². The lowest BCUT2D eigenvalue weighted by molar-refractivity contribution is -0.142. The fourth-order valence-corrected chi connectivity index (χ4v) is 5.80. The van der Waals surface area contributed by atoms with Crippen LogP contribution in [-0.2, 0) is 19.1 Å². The summed E-state index contributed by atoms with van der Waals surface area (Å²) in [6, 6.07) is 0. The van der Waals surface area contributed by atoms with E-state index >= 15 is 0 Å². The summed E-state index contributed by atoms with van der Waals surface area (Å²) in [6.07, 6.45) is 9.31. The molecule has 8 heteroatoms. The van der Waals surface area contributed by atoms with Crippen molar-refractivity contribution in [3.05, 3.63) is 12.2 Å². The quantitative estimate of drug-likeness (QED) is 0.249. The Morgan fingerprint density at radius 1 is 1.35 bits per heavy atom. The van der Waals surface area contributed by atoms with Crippen LogP contribution < -0.4 is 5.32 Å². The third-order valence-corrected chi connectivity index (χ3v) is 7.68. The van der Waals surface area contributed by atoms with Gasteiger partial charge in [0.05, 0.1) is 25.6 Å². The van der Waals surface area contributed by atoms with Crippen LogP contribution in [0.25, 0.3) is 0 Å². The van der Waals surface area contributed by atoms with Crippen molar-refractivity contribution in [1.82, 2.24) is 5.32 Å². The van der Waals surface area contributed by atoms with Crippen molar-refractivity contribution in [3.63, 3.8) is 0 Å². The zero-order valence-corrected chi connectivity index (χ0v) is 19.7. The highest BCUT2D eigenvalue weighted by Crippen LogP contribution is 2.46. The standard InChI is InChI=1S/C23H37NO6S/c1-4-5-6-10-13-17-20(27)24-23(22(17,2)29,19(26)16-11-8-7-9-12-16)21(28)31-15-14-18(25)30-3/h8,11,16-17,19,26,29H,4-7,9-10,12-15H2,1-3H3,(H,24,27). The van der Waals surface area contributed by atoms with Gasteiger partial charge in [-0.2, -0.15) is 0 Å². The summed E-state index contributed by atoms with van der Waals surface area (Å²) in [5.74, 6) is -1.82. The number of rotatable bonds is 11. The van der Waals surface area contributed by atoms with Gasteiger partial charge in [0.25, 0.3) is 0 Å². The van der Waals surface area contributed by atoms with Gasteiger partial charge >= 0.3 is 5.97 Å². The lowest BCUT2D eigenvalue weighted by Gasteiger charge is -2.45. The molecule has 1 aliphatic carbocycles. The van der Waals surface area contributed by atoms with Gasteiger partial charge in [0.15, 0.2) is 5.54 Å². The second-order valence-corrected chi connectivity index (χ2v) is 9.84. The number of allylic oxidation sites excluding steroid dienone is 1. The van der Waals surface area contributed by atoms with E-state index in [4.69, 9.17) is 0 Å². The number of hydrogen-bond acceptors (Lipinski definition) is 7. The smallest absolute Gasteiger partial charge is 0.306 e. The predicted molar refractivity (Wildman–Crippen MR) is 120 cm³/mol. The zero-order valence-electron chi connectivity index (χ0n) is 18.9. The first-order valence-electron chi connectivity index (χ1n) is 11.4. The molecule has 1 fully saturated rings. The minimum atomic E-state index is -1.83. The minimum Gasteiger partial charge on any atom is -0.469 e. The summed E-state index contributed by atoms with van der Waals surface area (Å²) in [4.78, 5) is 37.9. The van der Waals surface area contributed by atoms with Crippen LogP contribution in [0, 0.1) is 11.8 Å². The third kappa shape index (κ3) is 5.52. The lowest BCUT2D eigenvalue weighted by Crippen LogP contribution is -2.69. The van der Waals surface area contributed by atoms with Gasteiger partial charge in [0.1, 0.15) is 5.60 Å². The summed E-state index contributed by atoms with van der Waals surface area (Å²) in [6.45, 7) is 3.59. The van der Waals surface area contributed by atoms with Crippen LogP contribution in [0.3, 0.4) is 0 Å². The fourth-order valence-electron chi connectivity index (χ4n) is 4.74. The number of methoxy groups -OCH3 is 1. The summed E-state index contributed by atoms with van der Waals surface area (Å²) in [5.41, 5.74) is -3.58. The summed E-state index contributed by atoms with van der Waals surface area (Å²) < 4.78 is 4.62. The molecule has 0 aromatic rings. The SMILES string of the molecule is CCCCCCC1C(=O)NC(C(=O)SCCC(=O)OC)(C(O)C2C=CCCC2)C1(C)O. The molecule has 0 aromatic carbocycles. The summed E-state index contributed by atoms with van der Waals surface area (Å²) in [5, 5.41) is 25.2. The molecule has 2 aliphatic rings. The van der Waals surface area contributed by atoms with Gasteiger partial charge in [-0.1, -0.05) is 56.5 Å². The molecule has 1 amide bonds. The van der Waals surface area contributed by atoms with Gasteiger partial charge in [0.2, 0.25) is 11.0 Å². The molecule has 1 saturated heterocycles. The van der Waals surface area contributed by atoms with Crippen LogP contribution in [0.1, 0.15) is 71.6 Å². The van der Waals surface area contributed by atoms with Crippen LogP contribution in [0.2, 0.25) is 0 Å². The molecule has 0 saturated carbocycles. The topological polar surface area (TPSA) is 113 Å². The van der Waals surface area contributed by atoms with Gasteiger partial charge in [-0.05, 0) is 32.6 Å². The Balaban J connectivity index is 2.31. The van der Waals surface area contributed by atoms with Crippen LogP contribution in [0.4, 0.5) is 0 Å². The third-order valence-electron chi connectivity index (χ3n) is 6.69. The van der Waals surface area contributed by atoms with E-state index in [1.54, 1.807) is 0 Å². The normalized spacial score (nSPS) is 31.3. The van der Waals surface area contributed by atoms with Crippen molar-refractivity contribution >= 4 is 28.8 Å². The van der Waals surface area contributed by atoms with E-state index in [0.29, 0.717) is 12.8 Å². The fraction of sp³-hybridized carbons (Fsp3) is 0.783. The molecule has 1 aliphatic heterocycles. The molecule has 0 aromatic heterocycles. The molecule has 2 rings (SSSR count). The van der Waals surface area contributed by atoms with Gasteiger partial charge in [0, 0.05) is 11.7 Å². The largest absolute Gasteiger partial charge is 0.469 e. The number of nitrogens with one attached hydrogen (secondary N) is 1. The molecule has 5 atom stereocenters. The number of esters is 1. The Kier molecular flexibility index (Phi) is 9.58. The number of amides is 1. The van der Waals surface area contributed by atoms with Crippen LogP contribution in [0.15, 0.2) is 12.2 Å². The van der Waals surface area contributed by atoms with Gasteiger partial charge < -0.3 is 20.3 Å². The average Bonchev–Trinajstić information content (AvgIpc) is 2.96. The van der Waals surface area contributed by atoms with Crippen LogP contribution in [-0.4, -0.2) is 57.3 Å². The first-order chi connectivity index (χ1) is 14.7. The number of carbonyl (C=O) groups is 3. The molecule has 0 bridgehead atoms. The van der Waals surface area contributed by atoms with Crippen molar-refractivity contribution in [2.75, 3.05) is 12.9 Å². The van der Waals surface area contributed by atoms with E-state index in [1.165, 1.54) is 14.0 Å². The second kappa shape index (κ2) is 11.5. The summed E-state index contributed by atoms with van der Waals surface area (Å²) in [7, 11) is 1.28. The van der Waals surface area contributed by atoms with Crippen LogP contribution >= 0.6 is 11.8 Å². The van der Waals surface area contributed by atoms with Gasteiger partial charge in [-0.3, -0.25) is 14.4 Å². The molecule has 5 unspecified atom stereocenters. The Morgan fingerprint density at radius 2 is 2.10 bits per heavy atom. The number of carbonyl (C=O) groups excluding carboxylic acids is 3. The molecular weight excluding hydrogens is 418 g/mol. The highest BCUT2D eigenvalue weighted by Gasteiger charge is 2.68. The van der Waals surface area contributed by atoms with Crippen LogP contribution in [0.5, 0.6) is 0 Å². The van der Waals surface area contributed by atoms with E-state index in [2.05, 4.69) is 17.0 Å². The number of hydrogen-bond donors (Lipinski definition) is 3. The number of ether oxygens (including phenoxy) is 1. The van der Waals surface area contributed by atoms with Crippen molar-refractivity contribution < 1.29 is 29.3 Å². The van der Waals surface area contributed by atoms with E-state index in [0.717, 1.165) is 50.3 Å². The highest BCUT2D eigenvalue weighted by atomic mass is 32.2. The number of unbranched alkanes of at least 4 members (excludes halogenated alkanes) is 3. The highest BCUT2D eigenvalue weighted by molar-refractivity contribution is 8.13. The van der Waals surface area contributed by atoms with Gasteiger partial charge in [-0.15, -0.1) is 0 Å². The average molecular weight is 456 g/mol. The molecule has 31 heavy (non-hydrogen) atoms. The maximum absolute atomic E-state index is 13.5. The van der Waals surface area contributed by atoms with Crippen molar-refractivity contribution in [1.29, 1.82) is 0 Å². The maximum Gasteiger partial charge on any atom is 0.306 e. The number of aliphatic hydroxyl groups excluding tert-OH is 1. The molecule has 0 spiro atoms. The van der Waals surface area contributed by atoms with Crippen molar-refractivity contribution in [3.8, 4) is 0 Å². The number of thioether (sulfide) groups is 1. The lowest BCUT2D eigenvalue weighted by atomic mass is 9.68. The Bertz CT molecular complexity index is 679. The second-order valence-electron chi connectivity index (χ2n) is 8.78. The Labute approximate surface area is 189 Å². The Hall–Kier alpha value is -1.38. The monoisotopic (exact) mass is 455 g/mol. The van der Waals surface area contributed by atoms with E-state index in [9.17, 15) is 24.6 Å². The van der Waals surface area contributed by atoms with Crippen molar-refractivity contribution in [2.24, 2.45) is 11.8 Å². The Morgan fingerprint density at radius 3 is 2.71 bits per heavy atom. The molecule has 7 nitrogen and oxygen atoms in total. The molecule has 0 radical (unpaired) electrons. The minimum absolute atomic E-state index is 0.0267. The molecule has 3 N–H and O–H groups in total. The first kappa shape index (κ1) is 25.9. The van der Waals surface area contributed by atoms with E-state index in [-0.39, 0.29) is 18.1 Å². The molecule has 1 heterocycles. The first-order valence-corrected chi connectivity index (χ1v) is 12.3. The molecular formula is C23H37NO6S. The zero-order chi connectivity index (χ0) is 23.1. The van der Waals surface area contributed by atoms with Gasteiger partial charge in [-0.25, -0.2) is 0 Å². The number of aliphatic hydroxyl groups is 2. The predicted octanol–water partition coefficient (Wildman–Crippen LogP) is 2.73. The molecule has 176 valence electrons. The maximum atomic E-state index is 13.5. The van der Waals surface area contributed by atoms with Crippen molar-refractivity contribution in [2.45, 2.75) is 88.9 Å².